The SMILES string of the molecule is CN1CC[C@]2(CN(C(=O)Cc3ccccc3F)CC(F)(F)C2)C1=O. The number of halogens is 3. The number of likely N-dealkylation sites (tertiary alicyclic amines) is 2. The number of rotatable bonds is 2. The van der Waals surface area contributed by atoms with Gasteiger partial charge >= 0.3 is 0 Å². The molecule has 0 aliphatic carbocycles. The summed E-state index contributed by atoms with van der Waals surface area (Å²) in [5.41, 5.74) is -1.05. The highest BCUT2D eigenvalue weighted by molar-refractivity contribution is 5.87. The number of benzene rings is 1. The summed E-state index contributed by atoms with van der Waals surface area (Å²) in [6.45, 7) is -0.345. The summed E-state index contributed by atoms with van der Waals surface area (Å²) < 4.78 is 42.1. The summed E-state index contributed by atoms with van der Waals surface area (Å²) in [6, 6.07) is 5.78. The van der Waals surface area contributed by atoms with Crippen molar-refractivity contribution in [1.82, 2.24) is 9.80 Å². The van der Waals surface area contributed by atoms with Gasteiger partial charge in [0.15, 0.2) is 0 Å². The number of carbonyl (C=O) groups excluding carboxylic acids is 2. The first-order valence-corrected chi connectivity index (χ1v) is 7.87. The van der Waals surface area contributed by atoms with E-state index in [1.54, 1.807) is 13.1 Å². The first-order chi connectivity index (χ1) is 11.2. The van der Waals surface area contributed by atoms with E-state index in [0.29, 0.717) is 13.0 Å². The van der Waals surface area contributed by atoms with Gasteiger partial charge in [-0.25, -0.2) is 13.2 Å². The molecule has 2 heterocycles. The number of carbonyl (C=O) groups is 2. The zero-order valence-electron chi connectivity index (χ0n) is 13.4. The van der Waals surface area contributed by atoms with Crippen molar-refractivity contribution in [3.05, 3.63) is 35.6 Å². The molecule has 0 saturated carbocycles. The number of nitrogens with zero attached hydrogens (tertiary/aromatic N) is 2. The maximum atomic E-state index is 14.2. The Morgan fingerprint density at radius 3 is 2.58 bits per heavy atom. The van der Waals surface area contributed by atoms with Crippen molar-refractivity contribution < 1.29 is 22.8 Å². The molecule has 0 aromatic heterocycles. The largest absolute Gasteiger partial charge is 0.345 e. The van der Waals surface area contributed by atoms with Crippen molar-refractivity contribution in [2.75, 3.05) is 26.7 Å². The monoisotopic (exact) mass is 340 g/mol. The van der Waals surface area contributed by atoms with Gasteiger partial charge in [-0.3, -0.25) is 9.59 Å². The van der Waals surface area contributed by atoms with Crippen LogP contribution in [0.5, 0.6) is 0 Å². The molecule has 130 valence electrons. The molecule has 3 rings (SSSR count). The normalized spacial score (nSPS) is 26.2. The maximum Gasteiger partial charge on any atom is 0.266 e. The highest BCUT2D eigenvalue weighted by Crippen LogP contribution is 2.45. The van der Waals surface area contributed by atoms with Crippen molar-refractivity contribution in [2.24, 2.45) is 5.41 Å². The first-order valence-electron chi connectivity index (χ1n) is 7.87. The van der Waals surface area contributed by atoms with E-state index in [9.17, 15) is 22.8 Å². The fourth-order valence-corrected chi connectivity index (χ4v) is 3.71. The van der Waals surface area contributed by atoms with E-state index in [2.05, 4.69) is 0 Å². The fraction of sp³-hybridized carbons (Fsp3) is 0.529. The number of hydrogen-bond acceptors (Lipinski definition) is 2. The smallest absolute Gasteiger partial charge is 0.266 e. The van der Waals surface area contributed by atoms with Crippen LogP contribution in [0, 0.1) is 11.2 Å². The van der Waals surface area contributed by atoms with E-state index in [-0.39, 0.29) is 24.4 Å². The summed E-state index contributed by atoms with van der Waals surface area (Å²) in [5, 5.41) is 0. The minimum absolute atomic E-state index is 0.0287. The van der Waals surface area contributed by atoms with Crippen molar-refractivity contribution in [3.8, 4) is 0 Å². The summed E-state index contributed by atoms with van der Waals surface area (Å²) in [4.78, 5) is 27.2. The third-order valence-electron chi connectivity index (χ3n) is 4.89. The van der Waals surface area contributed by atoms with Crippen LogP contribution in [0.15, 0.2) is 24.3 Å². The highest BCUT2D eigenvalue weighted by Gasteiger charge is 2.56. The zero-order valence-corrected chi connectivity index (χ0v) is 13.4. The minimum Gasteiger partial charge on any atom is -0.345 e. The average molecular weight is 340 g/mol. The molecule has 1 spiro atoms. The van der Waals surface area contributed by atoms with Gasteiger partial charge in [0.2, 0.25) is 11.8 Å². The van der Waals surface area contributed by atoms with Gasteiger partial charge in [-0.1, -0.05) is 18.2 Å². The molecular formula is C17H19F3N2O2. The predicted octanol–water partition coefficient (Wildman–Crippen LogP) is 2.08. The molecule has 2 aliphatic heterocycles. The van der Waals surface area contributed by atoms with E-state index in [1.165, 1.54) is 23.1 Å². The number of amides is 2. The lowest BCUT2D eigenvalue weighted by Gasteiger charge is -2.42. The molecule has 2 fully saturated rings. The summed E-state index contributed by atoms with van der Waals surface area (Å²) in [6.07, 6.45) is -0.517. The van der Waals surface area contributed by atoms with Gasteiger partial charge in [-0.15, -0.1) is 0 Å². The third kappa shape index (κ3) is 2.99. The molecule has 7 heteroatoms. The van der Waals surface area contributed by atoms with Crippen LogP contribution in [0.25, 0.3) is 0 Å². The molecule has 24 heavy (non-hydrogen) atoms. The lowest BCUT2D eigenvalue weighted by Crippen LogP contribution is -2.57. The van der Waals surface area contributed by atoms with E-state index in [4.69, 9.17) is 0 Å². The molecule has 0 N–H and O–H groups in total. The van der Waals surface area contributed by atoms with Crippen molar-refractivity contribution in [1.29, 1.82) is 0 Å². The second-order valence-electron chi connectivity index (χ2n) is 6.81. The number of piperidine rings is 1. The van der Waals surface area contributed by atoms with Gasteiger partial charge in [0.25, 0.3) is 5.92 Å². The first kappa shape index (κ1) is 16.8. The van der Waals surface area contributed by atoms with Gasteiger partial charge in [0, 0.05) is 26.6 Å². The van der Waals surface area contributed by atoms with Crippen LogP contribution in [0.4, 0.5) is 13.2 Å². The molecule has 4 nitrogen and oxygen atoms in total. The molecule has 1 aromatic rings. The Balaban J connectivity index is 1.81. The lowest BCUT2D eigenvalue weighted by atomic mass is 9.77. The number of alkyl halides is 2. The standard InChI is InChI=1S/C17H19F3N2O2/c1-21-7-6-16(15(21)24)9-17(19,20)11-22(10-16)14(23)8-12-4-2-3-5-13(12)18/h2-5H,6-11H2,1H3/t16-/m0/s1. The minimum atomic E-state index is -3.12. The topological polar surface area (TPSA) is 40.6 Å². The van der Waals surface area contributed by atoms with Crippen molar-refractivity contribution in [3.63, 3.8) is 0 Å². The Kier molecular flexibility index (Phi) is 4.05. The van der Waals surface area contributed by atoms with E-state index in [0.717, 1.165) is 4.90 Å². The Morgan fingerprint density at radius 1 is 1.25 bits per heavy atom. The van der Waals surface area contributed by atoms with Gasteiger partial charge in [-0.2, -0.15) is 0 Å². The summed E-state index contributed by atoms with van der Waals surface area (Å²) in [5.74, 6) is -4.59. The second-order valence-corrected chi connectivity index (χ2v) is 6.81. The van der Waals surface area contributed by atoms with Gasteiger partial charge in [-0.05, 0) is 18.1 Å². The van der Waals surface area contributed by atoms with E-state index >= 15 is 0 Å². The maximum absolute atomic E-state index is 14.2. The molecule has 2 saturated heterocycles. The molecule has 0 bridgehead atoms. The molecule has 2 aliphatic rings. The average Bonchev–Trinajstić information content (AvgIpc) is 2.76. The van der Waals surface area contributed by atoms with Crippen LogP contribution in [0.1, 0.15) is 18.4 Å². The van der Waals surface area contributed by atoms with Gasteiger partial charge in [0.1, 0.15) is 5.82 Å². The van der Waals surface area contributed by atoms with Crippen LogP contribution >= 0.6 is 0 Å². The summed E-state index contributed by atoms with van der Waals surface area (Å²) in [7, 11) is 1.58. The van der Waals surface area contributed by atoms with Gasteiger partial charge < -0.3 is 9.80 Å². The Bertz CT molecular complexity index is 680. The van der Waals surface area contributed by atoms with Crippen LogP contribution in [-0.2, 0) is 16.0 Å². The predicted molar refractivity (Wildman–Crippen MR) is 80.9 cm³/mol. The van der Waals surface area contributed by atoms with Gasteiger partial charge in [0.05, 0.1) is 18.4 Å². The van der Waals surface area contributed by atoms with Crippen LogP contribution in [0.2, 0.25) is 0 Å². The molecule has 1 aromatic carbocycles. The van der Waals surface area contributed by atoms with Crippen molar-refractivity contribution >= 4 is 11.8 Å². The second kappa shape index (κ2) is 5.79. The zero-order chi connectivity index (χ0) is 17.5. The molecule has 0 unspecified atom stereocenters. The lowest BCUT2D eigenvalue weighted by molar-refractivity contribution is -0.162. The van der Waals surface area contributed by atoms with E-state index in [1.807, 2.05) is 0 Å². The summed E-state index contributed by atoms with van der Waals surface area (Å²) >= 11 is 0. The van der Waals surface area contributed by atoms with E-state index < -0.39 is 36.0 Å². The molecular weight excluding hydrogens is 321 g/mol. The molecule has 0 radical (unpaired) electrons. The molecule has 1 atom stereocenters. The number of hydrogen-bond donors (Lipinski definition) is 0. The highest BCUT2D eigenvalue weighted by atomic mass is 19.3. The Hall–Kier alpha value is -2.05. The quantitative estimate of drug-likeness (QED) is 0.827. The fourth-order valence-electron chi connectivity index (χ4n) is 3.71. The Morgan fingerprint density at radius 2 is 1.96 bits per heavy atom. The Labute approximate surface area is 138 Å². The van der Waals surface area contributed by atoms with Crippen LogP contribution < -0.4 is 0 Å². The van der Waals surface area contributed by atoms with Crippen LogP contribution in [0.3, 0.4) is 0 Å². The van der Waals surface area contributed by atoms with Crippen LogP contribution in [-0.4, -0.2) is 54.2 Å². The van der Waals surface area contributed by atoms with Crippen molar-refractivity contribution in [2.45, 2.75) is 25.2 Å². The molecule has 2 amide bonds. The third-order valence-corrected chi connectivity index (χ3v) is 4.89.